The number of nitrogens with two attached hydrogens (primary N) is 1. The van der Waals surface area contributed by atoms with Gasteiger partial charge in [0, 0.05) is 0 Å². The van der Waals surface area contributed by atoms with E-state index in [2.05, 4.69) is 0 Å². The van der Waals surface area contributed by atoms with Crippen LogP contribution >= 0.6 is 12.4 Å². The zero-order valence-electron chi connectivity index (χ0n) is 9.01. The number of halogens is 7. The van der Waals surface area contributed by atoms with Crippen molar-refractivity contribution in [2.75, 3.05) is 0 Å². The molecule has 0 unspecified atom stereocenters. The van der Waals surface area contributed by atoms with Crippen molar-refractivity contribution < 1.29 is 26.3 Å². The van der Waals surface area contributed by atoms with Crippen molar-refractivity contribution in [1.29, 1.82) is 5.26 Å². The van der Waals surface area contributed by atoms with Gasteiger partial charge in [0.25, 0.3) is 0 Å². The summed E-state index contributed by atoms with van der Waals surface area (Å²) < 4.78 is 74.9. The fourth-order valence-corrected chi connectivity index (χ4v) is 1.21. The average molecular weight is 305 g/mol. The molecule has 2 nitrogen and oxygen atoms in total. The molecule has 0 saturated carbocycles. The summed E-state index contributed by atoms with van der Waals surface area (Å²) in [5.74, 6) is -6.19. The highest BCUT2D eigenvalue weighted by atomic mass is 35.5. The van der Waals surface area contributed by atoms with Crippen LogP contribution in [0, 0.1) is 17.1 Å². The van der Waals surface area contributed by atoms with Crippen molar-refractivity contribution in [2.24, 2.45) is 5.73 Å². The van der Waals surface area contributed by atoms with E-state index in [4.69, 9.17) is 11.0 Å². The van der Waals surface area contributed by atoms with Crippen LogP contribution in [-0.4, -0.2) is 12.1 Å². The predicted octanol–water partition coefficient (Wildman–Crippen LogP) is 3.32. The van der Waals surface area contributed by atoms with Crippen LogP contribution in [0.3, 0.4) is 0 Å². The third-order valence-corrected chi connectivity index (χ3v) is 2.24. The maximum atomic E-state index is 12.9. The second-order valence-electron chi connectivity index (χ2n) is 3.45. The van der Waals surface area contributed by atoms with Crippen LogP contribution in [0.1, 0.15) is 17.2 Å². The summed E-state index contributed by atoms with van der Waals surface area (Å²) in [5, 5.41) is 8.45. The van der Waals surface area contributed by atoms with Gasteiger partial charge in [-0.25, -0.2) is 4.39 Å². The van der Waals surface area contributed by atoms with Crippen molar-refractivity contribution in [1.82, 2.24) is 0 Å². The number of hydrogen-bond donors (Lipinski definition) is 1. The van der Waals surface area contributed by atoms with Gasteiger partial charge in [0.1, 0.15) is 17.9 Å². The maximum Gasteiger partial charge on any atom is 0.455 e. The van der Waals surface area contributed by atoms with Crippen LogP contribution in [0.25, 0.3) is 0 Å². The smallest absolute Gasteiger partial charge is 0.319 e. The van der Waals surface area contributed by atoms with E-state index in [1.54, 1.807) is 0 Å². The van der Waals surface area contributed by atoms with Gasteiger partial charge in [-0.05, 0) is 17.7 Å². The molecule has 0 aliphatic carbocycles. The van der Waals surface area contributed by atoms with E-state index in [9.17, 15) is 26.3 Å². The summed E-state index contributed by atoms with van der Waals surface area (Å²) in [6.07, 6.45) is -5.83. The molecule has 19 heavy (non-hydrogen) atoms. The minimum absolute atomic E-state index is 0. The van der Waals surface area contributed by atoms with Gasteiger partial charge in [-0.15, -0.1) is 12.4 Å². The number of nitriles is 1. The van der Waals surface area contributed by atoms with Gasteiger partial charge in [0.2, 0.25) is 0 Å². The van der Waals surface area contributed by atoms with E-state index in [-0.39, 0.29) is 12.4 Å². The van der Waals surface area contributed by atoms with E-state index < -0.39 is 35.1 Å². The fourth-order valence-electron chi connectivity index (χ4n) is 1.21. The molecule has 0 bridgehead atoms. The van der Waals surface area contributed by atoms with Crippen LogP contribution in [0.2, 0.25) is 0 Å². The number of nitrogens with zero attached hydrogens (tertiary/aromatic N) is 1. The molecule has 0 aliphatic rings. The van der Waals surface area contributed by atoms with E-state index >= 15 is 0 Å². The van der Waals surface area contributed by atoms with E-state index in [1.807, 2.05) is 0 Å². The normalized spacial score (nSPS) is 13.4. The Hall–Kier alpha value is -1.46. The van der Waals surface area contributed by atoms with Gasteiger partial charge in [-0.3, -0.25) is 0 Å². The topological polar surface area (TPSA) is 49.8 Å². The molecule has 0 aliphatic heterocycles. The summed E-state index contributed by atoms with van der Waals surface area (Å²) in [7, 11) is 0. The first kappa shape index (κ1) is 17.5. The zero-order valence-corrected chi connectivity index (χ0v) is 9.83. The molecule has 1 atom stereocenters. The predicted molar refractivity (Wildman–Crippen MR) is 56.3 cm³/mol. The molecule has 2 N–H and O–H groups in total. The number of alkyl halides is 5. The third kappa shape index (κ3) is 3.30. The Balaban J connectivity index is 0.00000324. The molecule has 0 fully saturated rings. The molecule has 0 saturated heterocycles. The Morgan fingerprint density at radius 1 is 1.16 bits per heavy atom. The van der Waals surface area contributed by atoms with Crippen molar-refractivity contribution in [3.63, 3.8) is 0 Å². The van der Waals surface area contributed by atoms with Gasteiger partial charge < -0.3 is 5.73 Å². The van der Waals surface area contributed by atoms with E-state index in [0.717, 1.165) is 0 Å². The molecular weight excluding hydrogens is 298 g/mol. The van der Waals surface area contributed by atoms with Crippen LogP contribution in [0.15, 0.2) is 18.2 Å². The van der Waals surface area contributed by atoms with Gasteiger partial charge in [-0.1, -0.05) is 6.07 Å². The first-order valence-corrected chi connectivity index (χ1v) is 4.51. The summed E-state index contributed by atoms with van der Waals surface area (Å²) in [4.78, 5) is 0. The lowest BCUT2D eigenvalue weighted by atomic mass is 9.99. The highest BCUT2D eigenvalue weighted by Gasteiger charge is 2.61. The van der Waals surface area contributed by atoms with Crippen molar-refractivity contribution in [3.8, 4) is 6.07 Å². The molecule has 1 rings (SSSR count). The van der Waals surface area contributed by atoms with Crippen molar-refractivity contribution in [3.05, 3.63) is 35.1 Å². The highest BCUT2D eigenvalue weighted by Crippen LogP contribution is 2.43. The molecule has 1 aromatic carbocycles. The summed E-state index contributed by atoms with van der Waals surface area (Å²) in [6, 6.07) is 0.482. The average Bonchev–Trinajstić information content (AvgIpc) is 2.27. The maximum absolute atomic E-state index is 12.9. The SMILES string of the molecule is Cl.N#Cc1cc([C@H](N)C(F)(F)C(F)(F)F)ccc1F. The second-order valence-corrected chi connectivity index (χ2v) is 3.45. The minimum atomic E-state index is -5.83. The molecule has 1 aromatic rings. The Morgan fingerprint density at radius 3 is 2.11 bits per heavy atom. The van der Waals surface area contributed by atoms with Crippen LogP contribution in [-0.2, 0) is 0 Å². The van der Waals surface area contributed by atoms with Gasteiger partial charge in [0.15, 0.2) is 0 Å². The standard InChI is InChI=1S/C10H6F6N2.ClH/c11-7-2-1-5(3-6(7)4-17)8(18)9(12,13)10(14,15)16;/h1-3,8H,18H2;1H/t8-;/m0./s1. The summed E-state index contributed by atoms with van der Waals surface area (Å²) in [5.41, 5.74) is 3.51. The number of rotatable bonds is 2. The first-order chi connectivity index (χ1) is 8.11. The highest BCUT2D eigenvalue weighted by molar-refractivity contribution is 5.85. The molecule has 0 aromatic heterocycles. The van der Waals surface area contributed by atoms with E-state index in [1.165, 1.54) is 6.07 Å². The summed E-state index contributed by atoms with van der Waals surface area (Å²) in [6.45, 7) is 0. The van der Waals surface area contributed by atoms with Crippen molar-refractivity contribution >= 4 is 12.4 Å². The lowest BCUT2D eigenvalue weighted by molar-refractivity contribution is -0.291. The first-order valence-electron chi connectivity index (χ1n) is 4.51. The Bertz CT molecular complexity index is 494. The van der Waals surface area contributed by atoms with Crippen LogP contribution < -0.4 is 5.73 Å². The monoisotopic (exact) mass is 304 g/mol. The molecule has 9 heteroatoms. The number of benzene rings is 1. The third-order valence-electron chi connectivity index (χ3n) is 2.24. The second kappa shape index (κ2) is 5.67. The Morgan fingerprint density at radius 2 is 1.68 bits per heavy atom. The molecule has 0 heterocycles. The minimum Gasteiger partial charge on any atom is -0.319 e. The number of hydrogen-bond acceptors (Lipinski definition) is 2. The van der Waals surface area contributed by atoms with Gasteiger partial charge >= 0.3 is 12.1 Å². The van der Waals surface area contributed by atoms with Gasteiger partial charge in [-0.2, -0.15) is 27.2 Å². The van der Waals surface area contributed by atoms with Crippen LogP contribution in [0.5, 0.6) is 0 Å². The Kier molecular flexibility index (Phi) is 5.23. The largest absolute Gasteiger partial charge is 0.455 e. The molecule has 106 valence electrons. The molecule has 0 amide bonds. The quantitative estimate of drug-likeness (QED) is 0.852. The molecular formula is C10H7ClF6N2. The van der Waals surface area contributed by atoms with Gasteiger partial charge in [0.05, 0.1) is 5.56 Å². The lowest BCUT2D eigenvalue weighted by Crippen LogP contribution is -2.45. The fraction of sp³-hybridized carbons (Fsp3) is 0.300. The Labute approximate surface area is 110 Å². The van der Waals surface area contributed by atoms with E-state index in [0.29, 0.717) is 18.2 Å². The van der Waals surface area contributed by atoms with Crippen LogP contribution in [0.4, 0.5) is 26.3 Å². The molecule has 0 radical (unpaired) electrons. The summed E-state index contributed by atoms with van der Waals surface area (Å²) >= 11 is 0. The lowest BCUT2D eigenvalue weighted by Gasteiger charge is -2.26. The molecule has 0 spiro atoms. The van der Waals surface area contributed by atoms with Crippen molar-refractivity contribution in [2.45, 2.75) is 18.1 Å². The zero-order chi connectivity index (χ0) is 14.1.